The van der Waals surface area contributed by atoms with Crippen LogP contribution in [0, 0.1) is 0 Å². The monoisotopic (exact) mass is 398 g/mol. The fourth-order valence-electron chi connectivity index (χ4n) is 3.44. The van der Waals surface area contributed by atoms with Crippen molar-refractivity contribution in [2.45, 2.75) is 0 Å². The minimum atomic E-state index is -0.159. The van der Waals surface area contributed by atoms with Crippen LogP contribution in [0.5, 0.6) is 5.75 Å². The first-order valence-corrected chi connectivity index (χ1v) is 8.29. The third-order valence-electron chi connectivity index (χ3n) is 4.49. The van der Waals surface area contributed by atoms with E-state index in [-0.39, 0.29) is 5.56 Å². The summed E-state index contributed by atoms with van der Waals surface area (Å²) in [6.45, 7) is 0. The second-order valence-corrected chi connectivity index (χ2v) is 6.52. The first-order valence-electron chi connectivity index (χ1n) is 7.50. The van der Waals surface area contributed by atoms with Crippen LogP contribution in [-0.2, 0) is 7.05 Å². The van der Waals surface area contributed by atoms with Gasteiger partial charge >= 0.3 is 0 Å². The van der Waals surface area contributed by atoms with Crippen molar-refractivity contribution in [3.63, 3.8) is 0 Å². The first-order chi connectivity index (χ1) is 12.1. The van der Waals surface area contributed by atoms with Gasteiger partial charge in [-0.25, -0.2) is 4.98 Å². The summed E-state index contributed by atoms with van der Waals surface area (Å²) in [4.78, 5) is 21.7. The number of aryl methyl sites for hydroxylation is 1. The van der Waals surface area contributed by atoms with Gasteiger partial charge in [0.15, 0.2) is 11.3 Å². The molecule has 0 aliphatic rings. The molecule has 124 valence electrons. The Morgan fingerprint density at radius 2 is 2.12 bits per heavy atom. The zero-order chi connectivity index (χ0) is 17.3. The van der Waals surface area contributed by atoms with E-state index in [1.807, 2.05) is 10.5 Å². The lowest BCUT2D eigenvalue weighted by Crippen LogP contribution is -2.10. The number of fused-ring (bicyclic) bond motifs is 2. The van der Waals surface area contributed by atoms with E-state index in [9.17, 15) is 4.79 Å². The summed E-state index contributed by atoms with van der Waals surface area (Å²) in [5, 5.41) is 0.472. The average molecular weight is 399 g/mol. The molecule has 0 radical (unpaired) electrons. The number of aromatic nitrogens is 4. The summed E-state index contributed by atoms with van der Waals surface area (Å²) in [5.41, 5.74) is 3.86. The van der Waals surface area contributed by atoms with Gasteiger partial charge in [0.2, 0.25) is 0 Å². The minimum absolute atomic E-state index is 0.159. The summed E-state index contributed by atoms with van der Waals surface area (Å²) in [7, 11) is 3.32. The van der Waals surface area contributed by atoms with Crippen LogP contribution >= 0.6 is 15.9 Å². The van der Waals surface area contributed by atoms with E-state index in [0.717, 1.165) is 22.1 Å². The van der Waals surface area contributed by atoms with Crippen molar-refractivity contribution in [1.29, 1.82) is 0 Å². The molecule has 5 aromatic heterocycles. The van der Waals surface area contributed by atoms with Gasteiger partial charge < -0.3 is 18.1 Å². The third-order valence-corrected chi connectivity index (χ3v) is 5.23. The zero-order valence-corrected chi connectivity index (χ0v) is 14.9. The van der Waals surface area contributed by atoms with Gasteiger partial charge in [-0.2, -0.15) is 0 Å². The molecule has 0 amide bonds. The Kier molecular flexibility index (Phi) is 2.79. The lowest BCUT2D eigenvalue weighted by atomic mass is 10.2. The number of nitrogens with zero attached hydrogens (tertiary/aromatic N) is 4. The molecular weight excluding hydrogens is 388 g/mol. The quantitative estimate of drug-likeness (QED) is 0.433. The summed E-state index contributed by atoms with van der Waals surface area (Å²) >= 11 is 3.59. The molecule has 0 atom stereocenters. The number of ether oxygens (including phenoxy) is 1. The molecular formula is C17H11BrN4O3. The predicted octanol–water partition coefficient (Wildman–Crippen LogP) is 3.25. The summed E-state index contributed by atoms with van der Waals surface area (Å²) < 4.78 is 15.5. The Hall–Kier alpha value is -2.87. The van der Waals surface area contributed by atoms with Gasteiger partial charge in [0, 0.05) is 7.05 Å². The minimum Gasteiger partial charge on any atom is -0.493 e. The molecule has 0 aromatic carbocycles. The van der Waals surface area contributed by atoms with Gasteiger partial charge in [0.05, 0.1) is 46.7 Å². The maximum atomic E-state index is 13.0. The van der Waals surface area contributed by atoms with Gasteiger partial charge in [-0.1, -0.05) is 0 Å². The smallest absolute Gasteiger partial charge is 0.264 e. The Bertz CT molecular complexity index is 1380. The molecule has 5 heterocycles. The summed E-state index contributed by atoms with van der Waals surface area (Å²) in [6, 6.07) is 1.85. The van der Waals surface area contributed by atoms with Crippen molar-refractivity contribution < 1.29 is 9.15 Å². The topological polar surface area (TPSA) is 74.6 Å². The molecule has 0 unspecified atom stereocenters. The maximum Gasteiger partial charge on any atom is 0.264 e. The second kappa shape index (κ2) is 4.82. The normalized spacial score (nSPS) is 12.0. The van der Waals surface area contributed by atoms with E-state index in [2.05, 4.69) is 25.9 Å². The van der Waals surface area contributed by atoms with Crippen LogP contribution in [0.3, 0.4) is 0 Å². The van der Waals surface area contributed by atoms with Gasteiger partial charge in [-0.05, 0) is 22.0 Å². The van der Waals surface area contributed by atoms with Crippen LogP contribution in [0.2, 0.25) is 0 Å². The van der Waals surface area contributed by atoms with Crippen molar-refractivity contribution in [2.75, 3.05) is 7.11 Å². The van der Waals surface area contributed by atoms with Crippen LogP contribution in [0.15, 0.2) is 44.6 Å². The SMILES string of the molecule is COc1c(Br)c2c3c(c(=O)n2C)c2occnc2cc2cncc1n23. The van der Waals surface area contributed by atoms with Crippen molar-refractivity contribution in [3.8, 4) is 5.75 Å². The Balaban J connectivity index is 2.34. The molecule has 0 saturated carbocycles. The molecule has 0 N–H and O–H groups in total. The van der Waals surface area contributed by atoms with Crippen LogP contribution in [-0.4, -0.2) is 26.0 Å². The summed E-state index contributed by atoms with van der Waals surface area (Å²) in [5.74, 6) is 0.609. The highest BCUT2D eigenvalue weighted by molar-refractivity contribution is 9.10. The van der Waals surface area contributed by atoms with Crippen LogP contribution in [0.1, 0.15) is 0 Å². The van der Waals surface area contributed by atoms with E-state index >= 15 is 0 Å². The van der Waals surface area contributed by atoms with Crippen molar-refractivity contribution in [2.24, 2.45) is 7.05 Å². The Labute approximate surface area is 148 Å². The molecule has 0 fully saturated rings. The van der Waals surface area contributed by atoms with E-state index in [4.69, 9.17) is 9.15 Å². The number of pyridine rings is 1. The lowest BCUT2D eigenvalue weighted by molar-refractivity contribution is 0.416. The number of hydrogen-bond acceptors (Lipinski definition) is 5. The Morgan fingerprint density at radius 1 is 1.28 bits per heavy atom. The number of rotatable bonds is 1. The number of methoxy groups -OCH3 is 1. The standard InChI is InChI=1S/C17H11BrN4O3/c1-21-14-12(18)16(24-2)10-7-19-6-8-5-9-15(25-4-3-20-9)11(17(21)23)13(14)22(8)10/h3-7H,1-2H3. The van der Waals surface area contributed by atoms with E-state index in [1.165, 1.54) is 6.26 Å². The maximum absolute atomic E-state index is 13.0. The highest BCUT2D eigenvalue weighted by Crippen LogP contribution is 2.40. The van der Waals surface area contributed by atoms with Crippen molar-refractivity contribution >= 4 is 54.5 Å². The van der Waals surface area contributed by atoms with E-state index in [1.54, 1.807) is 37.3 Å². The molecule has 0 bridgehead atoms. The number of hydrogen-bond donors (Lipinski definition) is 0. The van der Waals surface area contributed by atoms with Gasteiger partial charge in [-0.3, -0.25) is 9.78 Å². The van der Waals surface area contributed by atoms with Crippen LogP contribution in [0.25, 0.3) is 38.6 Å². The molecule has 0 aliphatic heterocycles. The molecule has 25 heavy (non-hydrogen) atoms. The lowest BCUT2D eigenvalue weighted by Gasteiger charge is -2.13. The number of halogens is 1. The Morgan fingerprint density at radius 3 is 2.92 bits per heavy atom. The van der Waals surface area contributed by atoms with Crippen molar-refractivity contribution in [3.05, 3.63) is 45.7 Å². The average Bonchev–Trinajstić information content (AvgIpc) is 2.79. The molecule has 8 heteroatoms. The van der Waals surface area contributed by atoms with Crippen LogP contribution < -0.4 is 10.3 Å². The fourth-order valence-corrected chi connectivity index (χ4v) is 4.26. The largest absolute Gasteiger partial charge is 0.493 e. The van der Waals surface area contributed by atoms with Gasteiger partial charge in [0.25, 0.3) is 5.56 Å². The molecule has 5 aromatic rings. The highest BCUT2D eigenvalue weighted by Gasteiger charge is 2.24. The van der Waals surface area contributed by atoms with Crippen molar-refractivity contribution in [1.82, 2.24) is 18.9 Å². The summed E-state index contributed by atoms with van der Waals surface area (Å²) in [6.07, 6.45) is 6.47. The fraction of sp³-hybridized carbons (Fsp3) is 0.118. The molecule has 7 nitrogen and oxygen atoms in total. The van der Waals surface area contributed by atoms with E-state index < -0.39 is 0 Å². The van der Waals surface area contributed by atoms with Crippen LogP contribution in [0.4, 0.5) is 0 Å². The first kappa shape index (κ1) is 14.5. The molecule has 0 saturated heterocycles. The van der Waals surface area contributed by atoms with Gasteiger partial charge in [-0.15, -0.1) is 0 Å². The molecule has 0 aliphatic carbocycles. The molecule has 5 rings (SSSR count). The predicted molar refractivity (Wildman–Crippen MR) is 97.3 cm³/mol. The van der Waals surface area contributed by atoms with E-state index in [0.29, 0.717) is 26.7 Å². The highest BCUT2D eigenvalue weighted by atomic mass is 79.9. The second-order valence-electron chi connectivity index (χ2n) is 5.73. The van der Waals surface area contributed by atoms with Gasteiger partial charge in [0.1, 0.15) is 22.7 Å². The third kappa shape index (κ3) is 1.67. The zero-order valence-electron chi connectivity index (χ0n) is 13.3. The molecule has 0 spiro atoms.